The maximum absolute atomic E-state index is 13.2. The van der Waals surface area contributed by atoms with Crippen molar-refractivity contribution in [3.8, 4) is 5.69 Å². The number of aryl methyl sites for hydroxylation is 1. The summed E-state index contributed by atoms with van der Waals surface area (Å²) < 4.78 is 40.7. The lowest BCUT2D eigenvalue weighted by Gasteiger charge is -2.48. The van der Waals surface area contributed by atoms with E-state index in [0.717, 1.165) is 30.7 Å². The van der Waals surface area contributed by atoms with Crippen LogP contribution in [-0.4, -0.2) is 86.4 Å². The number of likely N-dealkylation sites (tertiary alicyclic amines) is 1. The van der Waals surface area contributed by atoms with Crippen molar-refractivity contribution in [2.45, 2.75) is 19.1 Å². The van der Waals surface area contributed by atoms with Crippen molar-refractivity contribution in [3.63, 3.8) is 0 Å². The lowest BCUT2D eigenvalue weighted by atomic mass is 10.0. The zero-order valence-corrected chi connectivity index (χ0v) is 21.9. The van der Waals surface area contributed by atoms with Crippen molar-refractivity contribution in [1.82, 2.24) is 29.2 Å². The summed E-state index contributed by atoms with van der Waals surface area (Å²) in [6.45, 7) is 5.82. The number of amides is 2. The summed E-state index contributed by atoms with van der Waals surface area (Å²) in [5.74, 6) is 0.514. The van der Waals surface area contributed by atoms with Gasteiger partial charge in [-0.3, -0.25) is 19.1 Å². The lowest BCUT2D eigenvalue weighted by Crippen LogP contribution is -2.64. The van der Waals surface area contributed by atoms with Crippen LogP contribution in [-0.2, 0) is 6.18 Å². The number of thiazole rings is 1. The Balaban J connectivity index is 1.09. The highest BCUT2D eigenvalue weighted by Crippen LogP contribution is 2.31. The Morgan fingerprint density at radius 3 is 2.31 bits per heavy atom. The van der Waals surface area contributed by atoms with Crippen LogP contribution in [0.1, 0.15) is 31.5 Å². The van der Waals surface area contributed by atoms with Gasteiger partial charge in [0, 0.05) is 68.1 Å². The molecule has 0 saturated carbocycles. The Hall–Kier alpha value is -3.77. The second-order valence-corrected chi connectivity index (χ2v) is 10.7. The van der Waals surface area contributed by atoms with E-state index in [0.29, 0.717) is 53.8 Å². The summed E-state index contributed by atoms with van der Waals surface area (Å²) in [4.78, 5) is 40.3. The Morgan fingerprint density at radius 2 is 1.67 bits per heavy atom. The quantitative estimate of drug-likeness (QED) is 0.380. The smallest absolute Gasteiger partial charge is 0.335 e. The number of aromatic nitrogens is 3. The number of alkyl halides is 3. The topological polar surface area (TPSA) is 74.6 Å². The Labute approximate surface area is 226 Å². The summed E-state index contributed by atoms with van der Waals surface area (Å²) in [6.07, 6.45) is -2.76. The minimum Gasteiger partial charge on any atom is -0.335 e. The molecule has 4 aromatic rings. The van der Waals surface area contributed by atoms with Crippen LogP contribution in [0, 0.1) is 6.92 Å². The first-order valence-electron chi connectivity index (χ1n) is 12.6. The SMILES string of the molecule is Cc1nc2cc(C(=O)N3CC(N4CCN(C(=O)c5nccs5)CC4)C3)ccc2n1-c1ccc(C(F)(F)F)cc1. The number of hydrogen-bond donors (Lipinski definition) is 0. The molecule has 2 fully saturated rings. The number of hydrogen-bond acceptors (Lipinski definition) is 6. The normalized spacial score (nSPS) is 17.0. The number of rotatable bonds is 4. The molecule has 2 aliphatic rings. The summed E-state index contributed by atoms with van der Waals surface area (Å²) in [5.41, 5.74) is 1.71. The van der Waals surface area contributed by atoms with E-state index in [9.17, 15) is 22.8 Å². The monoisotopic (exact) mass is 554 g/mol. The van der Waals surface area contributed by atoms with Crippen LogP contribution in [0.15, 0.2) is 54.0 Å². The summed E-state index contributed by atoms with van der Waals surface area (Å²) >= 11 is 1.35. The molecule has 0 bridgehead atoms. The largest absolute Gasteiger partial charge is 0.416 e. The fraction of sp³-hybridized carbons (Fsp3) is 0.333. The molecule has 2 amide bonds. The predicted octanol–water partition coefficient (Wildman–Crippen LogP) is 4.09. The number of piperazine rings is 1. The van der Waals surface area contributed by atoms with Gasteiger partial charge in [-0.1, -0.05) is 0 Å². The molecular formula is C27H25F3N6O2S. The standard InChI is InChI=1S/C27H25F3N6O2S/c1-17-32-22-14-18(2-7-23(22)36(17)20-5-3-19(4-6-20)27(28,29)30)25(37)35-15-21(16-35)33-9-11-34(12-10-33)26(38)24-31-8-13-39-24/h2-8,13-14,21H,9-12,15-16H2,1H3. The molecule has 39 heavy (non-hydrogen) atoms. The fourth-order valence-electron chi connectivity index (χ4n) is 5.25. The first kappa shape index (κ1) is 25.5. The predicted molar refractivity (Wildman–Crippen MR) is 140 cm³/mol. The highest BCUT2D eigenvalue weighted by atomic mass is 32.1. The molecule has 202 valence electrons. The van der Waals surface area contributed by atoms with Gasteiger partial charge in [-0.05, 0) is 49.4 Å². The lowest BCUT2D eigenvalue weighted by molar-refractivity contribution is -0.137. The molecule has 8 nitrogen and oxygen atoms in total. The number of carbonyl (C=O) groups excluding carboxylic acids is 2. The van der Waals surface area contributed by atoms with Gasteiger partial charge in [-0.15, -0.1) is 11.3 Å². The van der Waals surface area contributed by atoms with Crippen LogP contribution in [0.3, 0.4) is 0 Å². The van der Waals surface area contributed by atoms with E-state index < -0.39 is 11.7 Å². The van der Waals surface area contributed by atoms with Crippen LogP contribution in [0.5, 0.6) is 0 Å². The number of fused-ring (bicyclic) bond motifs is 1. The highest BCUT2D eigenvalue weighted by Gasteiger charge is 2.37. The molecular weight excluding hydrogens is 529 g/mol. The van der Waals surface area contributed by atoms with E-state index in [4.69, 9.17) is 0 Å². The summed E-state index contributed by atoms with van der Waals surface area (Å²) in [6, 6.07) is 10.5. The molecule has 6 rings (SSSR count). The minimum absolute atomic E-state index is 0.0264. The van der Waals surface area contributed by atoms with E-state index in [2.05, 4.69) is 14.9 Å². The maximum atomic E-state index is 13.2. The Bertz CT molecular complexity index is 1520. The molecule has 2 aromatic carbocycles. The van der Waals surface area contributed by atoms with Gasteiger partial charge in [0.15, 0.2) is 5.01 Å². The van der Waals surface area contributed by atoms with Gasteiger partial charge in [-0.25, -0.2) is 9.97 Å². The minimum atomic E-state index is -4.40. The second-order valence-electron chi connectivity index (χ2n) is 9.77. The van der Waals surface area contributed by atoms with Gasteiger partial charge in [0.1, 0.15) is 5.82 Å². The van der Waals surface area contributed by atoms with Crippen LogP contribution >= 0.6 is 11.3 Å². The Kier molecular flexibility index (Phi) is 6.38. The van der Waals surface area contributed by atoms with Crippen molar-refractivity contribution in [2.24, 2.45) is 0 Å². The second kappa shape index (κ2) is 9.76. The molecule has 2 aliphatic heterocycles. The fourth-order valence-corrected chi connectivity index (χ4v) is 5.85. The molecule has 0 aliphatic carbocycles. The van der Waals surface area contributed by atoms with Crippen molar-refractivity contribution in [3.05, 3.63) is 76.0 Å². The van der Waals surface area contributed by atoms with Gasteiger partial charge >= 0.3 is 6.18 Å². The highest BCUT2D eigenvalue weighted by molar-refractivity contribution is 7.11. The summed E-state index contributed by atoms with van der Waals surface area (Å²) in [7, 11) is 0. The van der Waals surface area contributed by atoms with Gasteiger partial charge in [0.2, 0.25) is 0 Å². The molecule has 0 N–H and O–H groups in total. The van der Waals surface area contributed by atoms with E-state index in [-0.39, 0.29) is 17.9 Å². The maximum Gasteiger partial charge on any atom is 0.416 e. The van der Waals surface area contributed by atoms with E-state index >= 15 is 0 Å². The zero-order chi connectivity index (χ0) is 27.3. The zero-order valence-electron chi connectivity index (χ0n) is 21.1. The number of benzene rings is 2. The van der Waals surface area contributed by atoms with Crippen LogP contribution < -0.4 is 0 Å². The molecule has 2 aromatic heterocycles. The van der Waals surface area contributed by atoms with Crippen LogP contribution in [0.25, 0.3) is 16.7 Å². The van der Waals surface area contributed by atoms with Gasteiger partial charge in [0.05, 0.1) is 16.6 Å². The molecule has 4 heterocycles. The van der Waals surface area contributed by atoms with Gasteiger partial charge < -0.3 is 9.80 Å². The molecule has 0 radical (unpaired) electrons. The molecule has 0 unspecified atom stereocenters. The molecule has 0 spiro atoms. The summed E-state index contributed by atoms with van der Waals surface area (Å²) in [5, 5.41) is 2.31. The van der Waals surface area contributed by atoms with Crippen LogP contribution in [0.4, 0.5) is 13.2 Å². The number of nitrogens with zero attached hydrogens (tertiary/aromatic N) is 6. The third-order valence-electron chi connectivity index (χ3n) is 7.40. The number of halogens is 3. The average molecular weight is 555 g/mol. The molecule has 2 saturated heterocycles. The van der Waals surface area contributed by atoms with Crippen molar-refractivity contribution in [1.29, 1.82) is 0 Å². The Morgan fingerprint density at radius 1 is 0.949 bits per heavy atom. The van der Waals surface area contributed by atoms with Crippen LogP contribution in [0.2, 0.25) is 0 Å². The third kappa shape index (κ3) is 4.78. The number of imidazole rings is 1. The molecule has 0 atom stereocenters. The van der Waals surface area contributed by atoms with Crippen molar-refractivity contribution in [2.75, 3.05) is 39.3 Å². The van der Waals surface area contributed by atoms with Crippen molar-refractivity contribution >= 4 is 34.2 Å². The van der Waals surface area contributed by atoms with E-state index in [1.165, 1.54) is 23.5 Å². The first-order valence-corrected chi connectivity index (χ1v) is 13.5. The van der Waals surface area contributed by atoms with Gasteiger partial charge in [0.25, 0.3) is 11.8 Å². The van der Waals surface area contributed by atoms with E-state index in [1.807, 2.05) is 4.90 Å². The number of carbonyl (C=O) groups is 2. The first-order chi connectivity index (χ1) is 18.7. The van der Waals surface area contributed by atoms with Gasteiger partial charge in [-0.2, -0.15) is 13.2 Å². The van der Waals surface area contributed by atoms with Crippen molar-refractivity contribution < 1.29 is 22.8 Å². The average Bonchev–Trinajstić information content (AvgIpc) is 3.54. The third-order valence-corrected chi connectivity index (χ3v) is 8.17. The van der Waals surface area contributed by atoms with E-state index in [1.54, 1.807) is 46.2 Å². The molecule has 12 heteroatoms.